The molecule has 158 valence electrons. The van der Waals surface area contributed by atoms with E-state index < -0.39 is 36.3 Å². The zero-order valence-corrected chi connectivity index (χ0v) is 16.4. The van der Waals surface area contributed by atoms with Gasteiger partial charge in [-0.25, -0.2) is 4.79 Å². The fourth-order valence-electron chi connectivity index (χ4n) is 2.77. The van der Waals surface area contributed by atoms with Gasteiger partial charge in [0.05, 0.1) is 12.7 Å². The van der Waals surface area contributed by atoms with Crippen LogP contribution in [0.25, 0.3) is 0 Å². The molecule has 1 heterocycles. The number of imide groups is 1. The minimum atomic E-state index is -1.16. The van der Waals surface area contributed by atoms with Crippen molar-refractivity contribution in [3.8, 4) is 0 Å². The Morgan fingerprint density at radius 1 is 0.839 bits per heavy atom. The lowest BCUT2D eigenvalue weighted by Gasteiger charge is -2.17. The highest BCUT2D eigenvalue weighted by molar-refractivity contribution is 5.98. The van der Waals surface area contributed by atoms with Gasteiger partial charge in [0.2, 0.25) is 5.91 Å². The molecule has 8 nitrogen and oxygen atoms in total. The molecule has 0 saturated carbocycles. The normalized spacial score (nSPS) is 11.2. The van der Waals surface area contributed by atoms with E-state index >= 15 is 0 Å². The van der Waals surface area contributed by atoms with Gasteiger partial charge in [-0.15, -0.1) is 0 Å². The first-order valence-corrected chi connectivity index (χ1v) is 9.45. The molecule has 0 aliphatic rings. The molecule has 31 heavy (non-hydrogen) atoms. The molecule has 1 aromatic heterocycles. The van der Waals surface area contributed by atoms with Crippen LogP contribution in [0.4, 0.5) is 0 Å². The highest BCUT2D eigenvalue weighted by Crippen LogP contribution is 2.16. The Morgan fingerprint density at radius 2 is 1.52 bits per heavy atom. The number of benzene rings is 2. The first-order valence-electron chi connectivity index (χ1n) is 9.45. The summed E-state index contributed by atoms with van der Waals surface area (Å²) < 4.78 is 10.1. The Balaban J connectivity index is 1.57. The number of hydrogen-bond acceptors (Lipinski definition) is 6. The van der Waals surface area contributed by atoms with Crippen LogP contribution in [-0.2, 0) is 25.5 Å². The van der Waals surface area contributed by atoms with Gasteiger partial charge in [-0.3, -0.25) is 19.7 Å². The second-order valence-corrected chi connectivity index (χ2v) is 6.54. The topological polar surface area (TPSA) is 115 Å². The molecule has 2 N–H and O–H groups in total. The maximum Gasteiger partial charge on any atom is 0.333 e. The van der Waals surface area contributed by atoms with E-state index in [0.717, 1.165) is 5.56 Å². The number of carbonyl (C=O) groups is 4. The molecule has 0 aliphatic carbocycles. The van der Waals surface area contributed by atoms with Gasteiger partial charge in [0, 0.05) is 0 Å². The number of furan rings is 1. The summed E-state index contributed by atoms with van der Waals surface area (Å²) in [7, 11) is 0. The molecule has 0 aliphatic heterocycles. The Morgan fingerprint density at radius 3 is 2.16 bits per heavy atom. The van der Waals surface area contributed by atoms with Gasteiger partial charge in [0.25, 0.3) is 11.8 Å². The van der Waals surface area contributed by atoms with E-state index in [1.54, 1.807) is 60.7 Å². The number of hydrogen-bond donors (Lipinski definition) is 2. The lowest BCUT2D eigenvalue weighted by atomic mass is 10.1. The molecular weight excluding hydrogens is 400 g/mol. The minimum absolute atomic E-state index is 0.0202. The molecule has 3 aromatic rings. The summed E-state index contributed by atoms with van der Waals surface area (Å²) in [6, 6.07) is 19.2. The van der Waals surface area contributed by atoms with E-state index in [4.69, 9.17) is 9.15 Å². The molecule has 8 heteroatoms. The van der Waals surface area contributed by atoms with Crippen molar-refractivity contribution in [2.45, 2.75) is 12.5 Å². The molecule has 1 unspecified atom stereocenters. The zero-order valence-electron chi connectivity index (χ0n) is 16.4. The van der Waals surface area contributed by atoms with Gasteiger partial charge in [-0.1, -0.05) is 60.7 Å². The van der Waals surface area contributed by atoms with E-state index in [0.29, 0.717) is 5.56 Å². The average molecular weight is 420 g/mol. The van der Waals surface area contributed by atoms with Crippen LogP contribution in [-0.4, -0.2) is 30.3 Å². The van der Waals surface area contributed by atoms with Gasteiger partial charge >= 0.3 is 5.97 Å². The van der Waals surface area contributed by atoms with E-state index in [-0.39, 0.29) is 12.2 Å². The van der Waals surface area contributed by atoms with Crippen molar-refractivity contribution >= 4 is 23.7 Å². The fraction of sp³-hybridized carbons (Fsp3) is 0.130. The van der Waals surface area contributed by atoms with Gasteiger partial charge in [0.15, 0.2) is 18.4 Å². The number of ether oxygens (including phenoxy) is 1. The van der Waals surface area contributed by atoms with Gasteiger partial charge < -0.3 is 14.5 Å². The lowest BCUT2D eigenvalue weighted by molar-refractivity contribution is -0.151. The van der Waals surface area contributed by atoms with Gasteiger partial charge in [-0.2, -0.15) is 0 Å². The predicted molar refractivity (Wildman–Crippen MR) is 110 cm³/mol. The fourth-order valence-corrected chi connectivity index (χ4v) is 2.77. The van der Waals surface area contributed by atoms with E-state index in [1.807, 2.05) is 6.07 Å². The molecule has 1 atom stereocenters. The van der Waals surface area contributed by atoms with Crippen molar-refractivity contribution in [2.75, 3.05) is 6.61 Å². The summed E-state index contributed by atoms with van der Waals surface area (Å²) in [5, 5.41) is 4.69. The van der Waals surface area contributed by atoms with Crippen LogP contribution in [0.1, 0.15) is 27.7 Å². The van der Waals surface area contributed by atoms with Crippen molar-refractivity contribution in [2.24, 2.45) is 0 Å². The van der Waals surface area contributed by atoms with Crippen LogP contribution in [0, 0.1) is 0 Å². The molecule has 0 saturated heterocycles. The Labute approximate surface area is 178 Å². The number of rotatable bonds is 8. The van der Waals surface area contributed by atoms with Crippen LogP contribution >= 0.6 is 0 Å². The molecule has 3 rings (SSSR count). The summed E-state index contributed by atoms with van der Waals surface area (Å²) >= 11 is 0. The molecule has 0 fully saturated rings. The van der Waals surface area contributed by atoms with Gasteiger partial charge in [0.1, 0.15) is 0 Å². The second kappa shape index (κ2) is 10.5. The van der Waals surface area contributed by atoms with Gasteiger partial charge in [-0.05, 0) is 23.3 Å². The third-order valence-electron chi connectivity index (χ3n) is 4.22. The molecule has 2 aromatic carbocycles. The summed E-state index contributed by atoms with van der Waals surface area (Å²) in [6.07, 6.45) is 1.36. The summed E-state index contributed by atoms with van der Waals surface area (Å²) in [6.45, 7) is -0.667. The van der Waals surface area contributed by atoms with Crippen LogP contribution in [0.2, 0.25) is 0 Å². The van der Waals surface area contributed by atoms with Crippen LogP contribution in [0.3, 0.4) is 0 Å². The Kier molecular flexibility index (Phi) is 7.31. The van der Waals surface area contributed by atoms with Crippen molar-refractivity contribution in [1.82, 2.24) is 10.6 Å². The monoisotopic (exact) mass is 420 g/mol. The summed E-state index contributed by atoms with van der Waals surface area (Å²) in [5.74, 6) is -2.72. The average Bonchev–Trinajstić information content (AvgIpc) is 3.32. The molecular formula is C23H20N2O6. The molecule has 0 radical (unpaired) electrons. The van der Waals surface area contributed by atoms with Crippen LogP contribution in [0.15, 0.2) is 83.5 Å². The van der Waals surface area contributed by atoms with E-state index in [9.17, 15) is 19.2 Å². The van der Waals surface area contributed by atoms with Crippen molar-refractivity contribution in [1.29, 1.82) is 0 Å². The maximum atomic E-state index is 12.6. The van der Waals surface area contributed by atoms with Crippen molar-refractivity contribution in [3.05, 3.63) is 95.9 Å². The highest BCUT2D eigenvalue weighted by atomic mass is 16.5. The van der Waals surface area contributed by atoms with Crippen LogP contribution < -0.4 is 10.6 Å². The summed E-state index contributed by atoms with van der Waals surface area (Å²) in [4.78, 5) is 48.9. The van der Waals surface area contributed by atoms with Crippen LogP contribution in [0.5, 0.6) is 0 Å². The lowest BCUT2D eigenvalue weighted by Crippen LogP contribution is -2.38. The van der Waals surface area contributed by atoms with Crippen molar-refractivity contribution in [3.63, 3.8) is 0 Å². The number of nitrogens with one attached hydrogen (secondary N) is 2. The van der Waals surface area contributed by atoms with E-state index in [2.05, 4.69) is 10.6 Å². The SMILES string of the molecule is O=C(COC(=O)C(NC(=O)c1ccco1)c1ccccc1)NC(=O)Cc1ccccc1. The predicted octanol–water partition coefficient (Wildman–Crippen LogP) is 2.18. The van der Waals surface area contributed by atoms with E-state index in [1.165, 1.54) is 12.3 Å². The number of amides is 3. The molecule has 3 amide bonds. The maximum absolute atomic E-state index is 12.6. The summed E-state index contributed by atoms with van der Waals surface area (Å²) in [5.41, 5.74) is 1.21. The Hall–Kier alpha value is -4.20. The number of esters is 1. The second-order valence-electron chi connectivity index (χ2n) is 6.54. The standard InChI is InChI=1S/C23H20N2O6/c26-19(14-16-8-3-1-4-9-16)24-20(27)15-31-23(29)21(17-10-5-2-6-11-17)25-22(28)18-12-7-13-30-18/h1-13,21H,14-15H2,(H,25,28)(H,24,26,27). The molecule has 0 bridgehead atoms. The smallest absolute Gasteiger partial charge is 0.333 e. The minimum Gasteiger partial charge on any atom is -0.459 e. The first kappa shape index (κ1) is 21.5. The van der Waals surface area contributed by atoms with Crippen molar-refractivity contribution < 1.29 is 28.3 Å². The zero-order chi connectivity index (χ0) is 22.1. The quantitative estimate of drug-likeness (QED) is 0.540. The molecule has 0 spiro atoms. The highest BCUT2D eigenvalue weighted by Gasteiger charge is 2.26. The first-order chi connectivity index (χ1) is 15.0. The number of carbonyl (C=O) groups excluding carboxylic acids is 4. The third-order valence-corrected chi connectivity index (χ3v) is 4.22. The Bertz CT molecular complexity index is 1030. The largest absolute Gasteiger partial charge is 0.459 e. The third kappa shape index (κ3) is 6.40.